The zero-order valence-corrected chi connectivity index (χ0v) is 20.1. The van der Waals surface area contributed by atoms with Gasteiger partial charge in [0, 0.05) is 36.8 Å². The summed E-state index contributed by atoms with van der Waals surface area (Å²) in [5, 5.41) is 20.3. The van der Waals surface area contributed by atoms with Crippen LogP contribution < -0.4 is 4.74 Å². The molecule has 4 heterocycles. The highest BCUT2D eigenvalue weighted by atomic mass is 19.1. The number of aromatic amines is 1. The van der Waals surface area contributed by atoms with E-state index < -0.39 is 5.82 Å². The molecule has 1 fully saturated rings. The molecule has 36 heavy (non-hydrogen) atoms. The summed E-state index contributed by atoms with van der Waals surface area (Å²) in [6, 6.07) is 8.32. The van der Waals surface area contributed by atoms with Crippen LogP contribution in [0.2, 0.25) is 0 Å². The number of likely N-dealkylation sites (tertiary alicyclic amines) is 1. The molecule has 0 spiro atoms. The minimum Gasteiger partial charge on any atom is -0.496 e. The number of fused-ring (bicyclic) bond motifs is 1. The van der Waals surface area contributed by atoms with Gasteiger partial charge in [-0.15, -0.1) is 0 Å². The van der Waals surface area contributed by atoms with Gasteiger partial charge >= 0.3 is 0 Å². The molecule has 1 saturated heterocycles. The molecule has 0 saturated carbocycles. The molecule has 3 aromatic rings. The first-order chi connectivity index (χ1) is 17.5. The Bertz CT molecular complexity index is 1380. The largest absolute Gasteiger partial charge is 0.496 e. The first kappa shape index (κ1) is 24.0. The number of H-pyrrole nitrogens is 1. The predicted molar refractivity (Wildman–Crippen MR) is 134 cm³/mol. The molecule has 2 aliphatic rings. The van der Waals surface area contributed by atoms with Gasteiger partial charge in [0.2, 0.25) is 5.91 Å². The van der Waals surface area contributed by atoms with Crippen molar-refractivity contribution in [3.05, 3.63) is 53.6 Å². The number of hydrogen-bond donors (Lipinski definition) is 2. The maximum atomic E-state index is 14.1. The number of nitrogens with one attached hydrogen (secondary N) is 1. The van der Waals surface area contributed by atoms with Gasteiger partial charge in [-0.3, -0.25) is 9.69 Å². The summed E-state index contributed by atoms with van der Waals surface area (Å²) in [6.07, 6.45) is 6.11. The maximum absolute atomic E-state index is 14.1. The zero-order valence-electron chi connectivity index (χ0n) is 20.1. The van der Waals surface area contributed by atoms with Crippen molar-refractivity contribution in [3.8, 4) is 22.9 Å². The van der Waals surface area contributed by atoms with E-state index in [-0.39, 0.29) is 18.6 Å². The smallest absolute Gasteiger partial charge is 0.237 e. The Morgan fingerprint density at radius 2 is 2.19 bits per heavy atom. The number of aliphatic hydroxyl groups excluding tert-OH is 1. The number of rotatable bonds is 6. The van der Waals surface area contributed by atoms with Crippen molar-refractivity contribution < 1.29 is 19.0 Å². The van der Waals surface area contributed by atoms with Crippen LogP contribution in [0.25, 0.3) is 27.7 Å². The lowest BCUT2D eigenvalue weighted by atomic mass is 9.96. The average molecular weight is 490 g/mol. The lowest BCUT2D eigenvalue weighted by Gasteiger charge is -2.29. The van der Waals surface area contributed by atoms with Crippen LogP contribution >= 0.6 is 0 Å². The zero-order chi connectivity index (χ0) is 25.2. The number of ether oxygens (including phenoxy) is 1. The normalized spacial score (nSPS) is 18.3. The maximum Gasteiger partial charge on any atom is 0.237 e. The highest BCUT2D eigenvalue weighted by Crippen LogP contribution is 2.39. The summed E-state index contributed by atoms with van der Waals surface area (Å²) in [6.45, 7) is 2.27. The van der Waals surface area contributed by atoms with Crippen molar-refractivity contribution in [2.24, 2.45) is 0 Å². The topological polar surface area (TPSA) is 105 Å². The third kappa shape index (κ3) is 4.34. The number of benzene rings is 1. The molecule has 1 aromatic carbocycles. The van der Waals surface area contributed by atoms with Crippen LogP contribution in [0.5, 0.6) is 5.75 Å². The second kappa shape index (κ2) is 10.1. The number of aliphatic hydroxyl groups is 1. The van der Waals surface area contributed by atoms with Gasteiger partial charge in [-0.05, 0) is 54.7 Å². The van der Waals surface area contributed by atoms with Gasteiger partial charge in [0.15, 0.2) is 0 Å². The van der Waals surface area contributed by atoms with Crippen LogP contribution in [-0.4, -0.2) is 76.7 Å². The van der Waals surface area contributed by atoms with Gasteiger partial charge in [-0.25, -0.2) is 9.37 Å². The van der Waals surface area contributed by atoms with Crippen LogP contribution in [0.1, 0.15) is 30.5 Å². The second-order valence-electron chi connectivity index (χ2n) is 9.19. The number of amides is 1. The van der Waals surface area contributed by atoms with E-state index in [0.29, 0.717) is 71.8 Å². The molecule has 2 aromatic heterocycles. The highest BCUT2D eigenvalue weighted by Gasteiger charge is 2.30. The van der Waals surface area contributed by atoms with Gasteiger partial charge in [0.1, 0.15) is 23.3 Å². The number of nitriles is 1. The Labute approximate surface area is 208 Å². The molecule has 0 unspecified atom stereocenters. The van der Waals surface area contributed by atoms with Gasteiger partial charge in [-0.2, -0.15) is 5.26 Å². The first-order valence-corrected chi connectivity index (χ1v) is 12.1. The first-order valence-electron chi connectivity index (χ1n) is 12.1. The lowest BCUT2D eigenvalue weighted by molar-refractivity contribution is -0.133. The molecule has 1 atom stereocenters. The van der Waals surface area contributed by atoms with Crippen molar-refractivity contribution >= 4 is 22.5 Å². The van der Waals surface area contributed by atoms with Crippen molar-refractivity contribution in [2.75, 3.05) is 39.9 Å². The minimum absolute atomic E-state index is 0.00459. The Hall–Kier alpha value is -3.74. The van der Waals surface area contributed by atoms with Gasteiger partial charge in [0.25, 0.3) is 0 Å². The van der Waals surface area contributed by atoms with Gasteiger partial charge in [-0.1, -0.05) is 6.08 Å². The average Bonchev–Trinajstić information content (AvgIpc) is 3.53. The van der Waals surface area contributed by atoms with E-state index >= 15 is 0 Å². The second-order valence-corrected chi connectivity index (χ2v) is 9.19. The molecular formula is C27H28FN5O3. The van der Waals surface area contributed by atoms with Crippen LogP contribution in [-0.2, 0) is 4.79 Å². The third-order valence-corrected chi connectivity index (χ3v) is 7.14. The Balaban J connectivity index is 1.43. The van der Waals surface area contributed by atoms with Crippen LogP contribution in [0.3, 0.4) is 0 Å². The molecule has 186 valence electrons. The molecule has 0 bridgehead atoms. The lowest BCUT2D eigenvalue weighted by Crippen LogP contribution is -2.44. The molecule has 0 radical (unpaired) electrons. The predicted octanol–water partition coefficient (Wildman–Crippen LogP) is 3.32. The van der Waals surface area contributed by atoms with Crippen LogP contribution in [0.4, 0.5) is 4.39 Å². The standard InChI is InChI=1S/C27H28FN5O3/c1-36-23-5-4-18(28)13-21(23)20-6-9-30-27-25(20)22(14-29)26(31-27)17-7-11-32(12-8-17)15-24(35)33-10-2-3-19(33)16-34/h4-7,9,13,19,34H,2-3,8,10-12,15-16H2,1H3,(H,30,31)/t19-/m0/s1. The highest BCUT2D eigenvalue weighted by molar-refractivity contribution is 6.01. The van der Waals surface area contributed by atoms with E-state index in [0.717, 1.165) is 18.4 Å². The van der Waals surface area contributed by atoms with E-state index in [4.69, 9.17) is 4.74 Å². The minimum atomic E-state index is -0.395. The van der Waals surface area contributed by atoms with Crippen molar-refractivity contribution in [1.82, 2.24) is 19.8 Å². The molecular weight excluding hydrogens is 461 g/mol. The van der Waals surface area contributed by atoms with E-state index in [2.05, 4.69) is 20.9 Å². The van der Waals surface area contributed by atoms with Crippen LogP contribution in [0, 0.1) is 17.1 Å². The summed E-state index contributed by atoms with van der Waals surface area (Å²) in [5.74, 6) is 0.160. The Morgan fingerprint density at radius 1 is 1.33 bits per heavy atom. The van der Waals surface area contributed by atoms with Crippen LogP contribution in [0.15, 0.2) is 36.5 Å². The molecule has 2 N–H and O–H groups in total. The van der Waals surface area contributed by atoms with Crippen molar-refractivity contribution in [3.63, 3.8) is 0 Å². The summed E-state index contributed by atoms with van der Waals surface area (Å²) in [4.78, 5) is 24.4. The van der Waals surface area contributed by atoms with E-state index in [1.807, 2.05) is 6.08 Å². The number of halogens is 1. The number of pyridine rings is 1. The quantitative estimate of drug-likeness (QED) is 0.550. The fraction of sp³-hybridized carbons (Fsp3) is 0.370. The van der Waals surface area contributed by atoms with E-state index in [1.54, 1.807) is 23.2 Å². The number of carbonyl (C=O) groups is 1. The molecule has 5 rings (SSSR count). The molecule has 8 nitrogen and oxygen atoms in total. The van der Waals surface area contributed by atoms with E-state index in [9.17, 15) is 19.6 Å². The molecule has 2 aliphatic heterocycles. The molecule has 0 aliphatic carbocycles. The fourth-order valence-corrected chi connectivity index (χ4v) is 5.30. The number of carbonyl (C=O) groups excluding carboxylic acids is 1. The Morgan fingerprint density at radius 3 is 2.92 bits per heavy atom. The van der Waals surface area contributed by atoms with Gasteiger partial charge in [0.05, 0.1) is 37.6 Å². The monoisotopic (exact) mass is 489 g/mol. The van der Waals surface area contributed by atoms with Crippen molar-refractivity contribution in [1.29, 1.82) is 5.26 Å². The molecule has 9 heteroatoms. The number of nitrogens with zero attached hydrogens (tertiary/aromatic N) is 4. The fourth-order valence-electron chi connectivity index (χ4n) is 5.30. The summed E-state index contributed by atoms with van der Waals surface area (Å²) in [5.41, 5.74) is 3.92. The van der Waals surface area contributed by atoms with Crippen molar-refractivity contribution in [2.45, 2.75) is 25.3 Å². The van der Waals surface area contributed by atoms with Gasteiger partial charge < -0.3 is 19.7 Å². The van der Waals surface area contributed by atoms with E-state index in [1.165, 1.54) is 19.2 Å². The Kier molecular flexibility index (Phi) is 6.72. The summed E-state index contributed by atoms with van der Waals surface area (Å²) in [7, 11) is 1.53. The third-order valence-electron chi connectivity index (χ3n) is 7.14. The molecule has 1 amide bonds. The number of aromatic nitrogens is 2. The SMILES string of the molecule is COc1ccc(F)cc1-c1ccnc2[nH]c(C3=CCN(CC(=O)N4CCC[C@H]4CO)CC3)c(C#N)c12. The number of hydrogen-bond acceptors (Lipinski definition) is 6. The summed E-state index contributed by atoms with van der Waals surface area (Å²) >= 11 is 0. The number of methoxy groups -OCH3 is 1. The summed E-state index contributed by atoms with van der Waals surface area (Å²) < 4.78 is 19.6.